The summed E-state index contributed by atoms with van der Waals surface area (Å²) in [6, 6.07) is 9.62. The zero-order chi connectivity index (χ0) is 21.1. The highest BCUT2D eigenvalue weighted by Gasteiger charge is 2.29. The molecular weight excluding hydrogens is 422 g/mol. The molecule has 158 valence electrons. The van der Waals surface area contributed by atoms with Crippen molar-refractivity contribution in [2.75, 3.05) is 19.3 Å². The predicted molar refractivity (Wildman–Crippen MR) is 116 cm³/mol. The third-order valence-electron chi connectivity index (χ3n) is 5.04. The van der Waals surface area contributed by atoms with Crippen molar-refractivity contribution in [3.8, 4) is 16.3 Å². The average Bonchev–Trinajstić information content (AvgIpc) is 3.42. The van der Waals surface area contributed by atoms with E-state index in [2.05, 4.69) is 14.8 Å². The van der Waals surface area contributed by atoms with E-state index in [1.54, 1.807) is 21.2 Å². The summed E-state index contributed by atoms with van der Waals surface area (Å²) in [5.41, 5.74) is 2.18. The number of benzene rings is 1. The second kappa shape index (κ2) is 8.66. The van der Waals surface area contributed by atoms with Crippen molar-refractivity contribution in [3.05, 3.63) is 53.8 Å². The Labute approximate surface area is 179 Å². The van der Waals surface area contributed by atoms with Crippen LogP contribution in [0.4, 0.5) is 0 Å². The van der Waals surface area contributed by atoms with Crippen molar-refractivity contribution in [1.82, 2.24) is 24.4 Å². The van der Waals surface area contributed by atoms with Crippen LogP contribution in [-0.2, 0) is 10.0 Å². The zero-order valence-corrected chi connectivity index (χ0v) is 18.2. The Hall–Kier alpha value is -2.56. The van der Waals surface area contributed by atoms with Crippen molar-refractivity contribution < 1.29 is 13.2 Å². The van der Waals surface area contributed by atoms with Crippen molar-refractivity contribution in [2.24, 2.45) is 0 Å². The molecule has 1 N–H and O–H groups in total. The lowest BCUT2D eigenvalue weighted by Gasteiger charge is -2.35. The van der Waals surface area contributed by atoms with Crippen LogP contribution >= 0.6 is 11.3 Å². The molecule has 3 heterocycles. The largest absolute Gasteiger partial charge is 0.333 e. The Morgan fingerprint density at radius 1 is 1.27 bits per heavy atom. The van der Waals surface area contributed by atoms with E-state index in [0.717, 1.165) is 41.8 Å². The van der Waals surface area contributed by atoms with Crippen molar-refractivity contribution in [3.63, 3.8) is 0 Å². The lowest BCUT2D eigenvalue weighted by molar-refractivity contribution is 0.0613. The molecular formula is C20H23N5O3S2. The average molecular weight is 446 g/mol. The maximum absolute atomic E-state index is 13.1. The number of nitrogens with one attached hydrogen (secondary N) is 1. The number of hydrogen-bond donors (Lipinski definition) is 1. The summed E-state index contributed by atoms with van der Waals surface area (Å²) in [6.07, 6.45) is 7.41. The Morgan fingerprint density at radius 2 is 2.07 bits per heavy atom. The molecule has 1 aromatic carbocycles. The van der Waals surface area contributed by atoms with Gasteiger partial charge in [0.2, 0.25) is 10.0 Å². The smallest absolute Gasteiger partial charge is 0.273 e. The summed E-state index contributed by atoms with van der Waals surface area (Å²) in [7, 11) is -3.30. The molecule has 1 saturated heterocycles. The van der Waals surface area contributed by atoms with E-state index in [1.807, 2.05) is 36.5 Å². The number of para-hydroxylation sites is 1. The molecule has 0 aliphatic carbocycles. The minimum Gasteiger partial charge on any atom is -0.333 e. The summed E-state index contributed by atoms with van der Waals surface area (Å²) in [5.74, 6) is -0.159. The van der Waals surface area contributed by atoms with Crippen LogP contribution in [0.15, 0.2) is 48.1 Å². The highest BCUT2D eigenvalue weighted by Crippen LogP contribution is 2.26. The van der Waals surface area contributed by atoms with Gasteiger partial charge in [-0.2, -0.15) is 5.10 Å². The Bertz CT molecular complexity index is 1120. The molecule has 4 rings (SSSR count). The lowest BCUT2D eigenvalue weighted by Crippen LogP contribution is -2.49. The topological polar surface area (TPSA) is 97.2 Å². The van der Waals surface area contributed by atoms with Gasteiger partial charge in [-0.1, -0.05) is 18.2 Å². The van der Waals surface area contributed by atoms with Gasteiger partial charge in [-0.25, -0.2) is 22.8 Å². The number of aromatic nitrogens is 3. The minimum absolute atomic E-state index is 0.159. The van der Waals surface area contributed by atoms with E-state index in [4.69, 9.17) is 0 Å². The summed E-state index contributed by atoms with van der Waals surface area (Å²) in [4.78, 5) is 19.4. The van der Waals surface area contributed by atoms with Gasteiger partial charge in [-0.05, 0) is 31.4 Å². The van der Waals surface area contributed by atoms with Crippen molar-refractivity contribution >= 4 is 27.3 Å². The molecule has 10 heteroatoms. The Balaban J connectivity index is 1.50. The summed E-state index contributed by atoms with van der Waals surface area (Å²) >= 11 is 1.40. The molecule has 0 saturated carbocycles. The van der Waals surface area contributed by atoms with Crippen LogP contribution in [0.25, 0.3) is 16.3 Å². The van der Waals surface area contributed by atoms with Gasteiger partial charge >= 0.3 is 0 Å². The predicted octanol–water partition coefficient (Wildman–Crippen LogP) is 2.54. The van der Waals surface area contributed by atoms with E-state index in [1.165, 1.54) is 11.3 Å². The number of sulfonamides is 1. The van der Waals surface area contributed by atoms with Crippen molar-refractivity contribution in [1.29, 1.82) is 0 Å². The molecule has 1 atom stereocenters. The quantitative estimate of drug-likeness (QED) is 0.629. The molecule has 0 bridgehead atoms. The molecule has 1 amide bonds. The highest BCUT2D eigenvalue weighted by molar-refractivity contribution is 7.88. The fourth-order valence-electron chi connectivity index (χ4n) is 3.53. The lowest BCUT2D eigenvalue weighted by atomic mass is 10.0. The van der Waals surface area contributed by atoms with Gasteiger partial charge in [0.25, 0.3) is 5.91 Å². The molecule has 1 unspecified atom stereocenters. The first-order chi connectivity index (χ1) is 14.4. The van der Waals surface area contributed by atoms with E-state index in [0.29, 0.717) is 12.2 Å². The molecule has 0 spiro atoms. The number of piperidine rings is 1. The maximum Gasteiger partial charge on any atom is 0.273 e. The van der Waals surface area contributed by atoms with Crippen LogP contribution in [0.2, 0.25) is 0 Å². The molecule has 2 aromatic heterocycles. The number of hydrogen-bond acceptors (Lipinski definition) is 6. The van der Waals surface area contributed by atoms with E-state index in [-0.39, 0.29) is 18.5 Å². The van der Waals surface area contributed by atoms with Gasteiger partial charge in [0, 0.05) is 36.3 Å². The van der Waals surface area contributed by atoms with Gasteiger partial charge in [-0.3, -0.25) is 4.79 Å². The van der Waals surface area contributed by atoms with E-state index >= 15 is 0 Å². The van der Waals surface area contributed by atoms with E-state index in [9.17, 15) is 13.2 Å². The third kappa shape index (κ3) is 4.77. The van der Waals surface area contributed by atoms with Gasteiger partial charge < -0.3 is 4.90 Å². The molecule has 1 fully saturated rings. The highest BCUT2D eigenvalue weighted by atomic mass is 32.2. The van der Waals surface area contributed by atoms with Crippen LogP contribution in [0.5, 0.6) is 0 Å². The number of likely N-dealkylation sites (tertiary alicyclic amines) is 1. The molecule has 1 aliphatic rings. The van der Waals surface area contributed by atoms with Gasteiger partial charge in [0.1, 0.15) is 10.7 Å². The molecule has 0 radical (unpaired) electrons. The fraction of sp³-hybridized carbons (Fsp3) is 0.350. The maximum atomic E-state index is 13.1. The minimum atomic E-state index is -3.30. The van der Waals surface area contributed by atoms with E-state index < -0.39 is 10.0 Å². The zero-order valence-electron chi connectivity index (χ0n) is 16.6. The second-order valence-electron chi connectivity index (χ2n) is 7.32. The number of thiazole rings is 1. The summed E-state index contributed by atoms with van der Waals surface area (Å²) in [5, 5.41) is 6.87. The van der Waals surface area contributed by atoms with Crippen LogP contribution < -0.4 is 4.72 Å². The summed E-state index contributed by atoms with van der Waals surface area (Å²) < 4.78 is 27.2. The number of carbonyl (C=O) groups excluding carboxylic acids is 1. The van der Waals surface area contributed by atoms with Crippen molar-refractivity contribution in [2.45, 2.75) is 25.3 Å². The fourth-order valence-corrected chi connectivity index (χ4v) is 4.80. The first-order valence-electron chi connectivity index (χ1n) is 9.72. The van der Waals surface area contributed by atoms with Gasteiger partial charge in [-0.15, -0.1) is 11.3 Å². The molecule has 1 aliphatic heterocycles. The molecule has 8 nitrogen and oxygen atoms in total. The van der Waals surface area contributed by atoms with Gasteiger partial charge in [0.15, 0.2) is 0 Å². The summed E-state index contributed by atoms with van der Waals surface area (Å²) in [6.45, 7) is 0.832. The Morgan fingerprint density at radius 3 is 2.83 bits per heavy atom. The standard InChI is InChI=1S/C20H23N5O3S2/c1-30(27,28)22-12-17-9-5-6-10-24(17)20(26)18-14-29-19(23-18)15-11-21-25(13-15)16-7-3-2-4-8-16/h2-4,7-8,11,13-14,17,22H,5-6,9-10,12H2,1H3. The second-order valence-corrected chi connectivity index (χ2v) is 10.0. The SMILES string of the molecule is CS(=O)(=O)NCC1CCCCN1C(=O)c1csc(-c2cnn(-c3ccccc3)c2)n1. The number of rotatable bonds is 6. The van der Waals surface area contributed by atoms with Crippen LogP contribution in [0.3, 0.4) is 0 Å². The van der Waals surface area contributed by atoms with Crippen LogP contribution in [-0.4, -0.2) is 59.4 Å². The first kappa shape index (κ1) is 20.7. The molecule has 30 heavy (non-hydrogen) atoms. The molecule has 3 aromatic rings. The monoisotopic (exact) mass is 445 g/mol. The van der Waals surface area contributed by atoms with Crippen LogP contribution in [0, 0.1) is 0 Å². The third-order valence-corrected chi connectivity index (χ3v) is 6.63. The normalized spacial score (nSPS) is 17.2. The Kier molecular flexibility index (Phi) is 5.98. The number of nitrogens with zero attached hydrogens (tertiary/aromatic N) is 4. The first-order valence-corrected chi connectivity index (χ1v) is 12.5. The van der Waals surface area contributed by atoms with Crippen LogP contribution in [0.1, 0.15) is 29.8 Å². The van der Waals surface area contributed by atoms with Gasteiger partial charge in [0.05, 0.1) is 18.1 Å². The number of carbonyl (C=O) groups is 1. The number of amides is 1.